The van der Waals surface area contributed by atoms with Gasteiger partial charge in [0, 0.05) is 37.0 Å². The van der Waals surface area contributed by atoms with E-state index in [2.05, 4.69) is 26.3 Å². The summed E-state index contributed by atoms with van der Waals surface area (Å²) >= 11 is 0. The number of aromatic nitrogens is 1. The zero-order valence-electron chi connectivity index (χ0n) is 10.6. The number of hydrogen-bond donors (Lipinski definition) is 1. The molecule has 4 heterocycles. The Bertz CT molecular complexity index is 614. The molecule has 5 heteroatoms. The summed E-state index contributed by atoms with van der Waals surface area (Å²) in [4.78, 5) is 15.9. The van der Waals surface area contributed by atoms with Crippen LogP contribution in [-0.2, 0) is 0 Å². The highest BCUT2D eigenvalue weighted by Crippen LogP contribution is 2.33. The summed E-state index contributed by atoms with van der Waals surface area (Å²) in [7, 11) is 0. The Labute approximate surface area is 111 Å². The minimum absolute atomic E-state index is 0.880. The monoisotopic (exact) mass is 253 g/mol. The molecule has 0 radical (unpaired) electrons. The Hall–Kier alpha value is -2.17. The van der Waals surface area contributed by atoms with Crippen molar-refractivity contribution in [1.29, 1.82) is 0 Å². The second kappa shape index (κ2) is 4.19. The van der Waals surface area contributed by atoms with E-state index in [1.54, 1.807) is 0 Å². The first-order valence-electron chi connectivity index (χ1n) is 6.71. The number of hydrogen-bond acceptors (Lipinski definition) is 5. The molecule has 0 aromatic carbocycles. The number of amidine groups is 1. The lowest BCUT2D eigenvalue weighted by Gasteiger charge is -2.30. The smallest absolute Gasteiger partial charge is 0.135 e. The Morgan fingerprint density at radius 1 is 1.32 bits per heavy atom. The van der Waals surface area contributed by atoms with Gasteiger partial charge >= 0.3 is 0 Å². The van der Waals surface area contributed by atoms with Gasteiger partial charge in [-0.15, -0.1) is 0 Å². The molecule has 5 nitrogen and oxygen atoms in total. The average Bonchev–Trinajstić information content (AvgIpc) is 2.66. The molecule has 96 valence electrons. The van der Waals surface area contributed by atoms with Crippen LogP contribution in [0.3, 0.4) is 0 Å². The van der Waals surface area contributed by atoms with Crippen molar-refractivity contribution in [3.8, 4) is 0 Å². The van der Waals surface area contributed by atoms with Gasteiger partial charge in [-0.3, -0.25) is 4.99 Å². The van der Waals surface area contributed by atoms with Crippen LogP contribution in [-0.4, -0.2) is 41.7 Å². The van der Waals surface area contributed by atoms with Gasteiger partial charge in [-0.2, -0.15) is 0 Å². The van der Waals surface area contributed by atoms with Gasteiger partial charge in [-0.1, -0.05) is 0 Å². The minimum atomic E-state index is 0.880. The summed E-state index contributed by atoms with van der Waals surface area (Å²) < 4.78 is 0. The van der Waals surface area contributed by atoms with Crippen LogP contribution >= 0.6 is 0 Å². The largest absolute Gasteiger partial charge is 0.369 e. The predicted octanol–water partition coefficient (Wildman–Crippen LogP) is 1.75. The molecule has 0 unspecified atom stereocenters. The Morgan fingerprint density at radius 2 is 2.32 bits per heavy atom. The molecule has 19 heavy (non-hydrogen) atoms. The lowest BCUT2D eigenvalue weighted by Crippen LogP contribution is -2.38. The van der Waals surface area contributed by atoms with E-state index in [9.17, 15) is 0 Å². The number of fused-ring (bicyclic) bond motifs is 4. The summed E-state index contributed by atoms with van der Waals surface area (Å²) in [6, 6.07) is 4.04. The molecule has 1 aromatic heterocycles. The first kappa shape index (κ1) is 10.7. The van der Waals surface area contributed by atoms with Gasteiger partial charge in [-0.25, -0.2) is 9.98 Å². The number of rotatable bonds is 0. The first-order valence-corrected chi connectivity index (χ1v) is 6.71. The van der Waals surface area contributed by atoms with Crippen LogP contribution in [0.5, 0.6) is 0 Å². The summed E-state index contributed by atoms with van der Waals surface area (Å²) in [5.41, 5.74) is 3.37. The minimum Gasteiger partial charge on any atom is -0.369 e. The zero-order chi connectivity index (χ0) is 12.7. The van der Waals surface area contributed by atoms with Gasteiger partial charge in [0.05, 0.1) is 12.0 Å². The first-order chi connectivity index (χ1) is 9.43. The van der Waals surface area contributed by atoms with Crippen molar-refractivity contribution in [2.24, 2.45) is 9.98 Å². The molecule has 1 aromatic rings. The van der Waals surface area contributed by atoms with E-state index in [-0.39, 0.29) is 0 Å². The van der Waals surface area contributed by atoms with Crippen LogP contribution in [0, 0.1) is 0 Å². The van der Waals surface area contributed by atoms with E-state index in [4.69, 9.17) is 4.99 Å². The molecule has 0 aliphatic carbocycles. The third kappa shape index (κ3) is 1.65. The fourth-order valence-electron chi connectivity index (χ4n) is 2.82. The highest BCUT2D eigenvalue weighted by molar-refractivity contribution is 6.13. The summed E-state index contributed by atoms with van der Waals surface area (Å²) in [5.74, 6) is 2.03. The number of nitrogens with one attached hydrogen (secondary N) is 1. The highest BCUT2D eigenvalue weighted by Gasteiger charge is 2.27. The average molecular weight is 253 g/mol. The van der Waals surface area contributed by atoms with E-state index in [1.165, 1.54) is 5.57 Å². The molecule has 0 amide bonds. The van der Waals surface area contributed by atoms with Crippen LogP contribution in [0.1, 0.15) is 18.4 Å². The van der Waals surface area contributed by atoms with Gasteiger partial charge in [0.15, 0.2) is 0 Å². The summed E-state index contributed by atoms with van der Waals surface area (Å²) in [5, 5.41) is 3.38. The van der Waals surface area contributed by atoms with Gasteiger partial charge < -0.3 is 10.2 Å². The van der Waals surface area contributed by atoms with Gasteiger partial charge in [-0.05, 0) is 25.0 Å². The topological polar surface area (TPSA) is 52.9 Å². The van der Waals surface area contributed by atoms with E-state index in [0.717, 1.165) is 55.4 Å². The molecule has 0 atom stereocenters. The maximum atomic E-state index is 4.70. The quantitative estimate of drug-likeness (QED) is 0.766. The highest BCUT2D eigenvalue weighted by atomic mass is 15.2. The van der Waals surface area contributed by atoms with Crippen LogP contribution in [0.4, 0.5) is 5.82 Å². The Morgan fingerprint density at radius 3 is 3.32 bits per heavy atom. The van der Waals surface area contributed by atoms with Crippen LogP contribution < -0.4 is 5.32 Å². The third-order valence-electron chi connectivity index (χ3n) is 3.70. The second-order valence-corrected chi connectivity index (χ2v) is 4.90. The number of aliphatic imine (C=N–C) groups is 2. The lowest BCUT2D eigenvalue weighted by atomic mass is 10.0. The van der Waals surface area contributed by atoms with Crippen molar-refractivity contribution in [3.05, 3.63) is 29.5 Å². The van der Waals surface area contributed by atoms with Crippen molar-refractivity contribution >= 4 is 23.7 Å². The van der Waals surface area contributed by atoms with E-state index < -0.39 is 0 Å². The fourth-order valence-corrected chi connectivity index (χ4v) is 2.82. The van der Waals surface area contributed by atoms with Crippen molar-refractivity contribution in [3.63, 3.8) is 0 Å². The summed E-state index contributed by atoms with van der Waals surface area (Å²) in [6.07, 6.45) is 5.78. The number of pyridine rings is 1. The molecule has 4 rings (SSSR count). The van der Waals surface area contributed by atoms with Crippen LogP contribution in [0.2, 0.25) is 0 Å². The number of nitrogens with zero attached hydrogens (tertiary/aromatic N) is 4. The van der Waals surface area contributed by atoms with Gasteiger partial charge in [0.25, 0.3) is 0 Å². The molecule has 3 aliphatic rings. The SMILES string of the molecule is C1=NC2=C(CCNc3ncccc32)C2=NCCCN12. The fraction of sp³-hybridized carbons (Fsp3) is 0.357. The van der Waals surface area contributed by atoms with Gasteiger partial charge in [0.1, 0.15) is 11.7 Å². The normalized spacial score (nSPS) is 20.8. The van der Waals surface area contributed by atoms with Crippen molar-refractivity contribution < 1.29 is 0 Å². The maximum Gasteiger partial charge on any atom is 0.135 e. The molecule has 0 spiro atoms. The Balaban J connectivity index is 1.90. The molecule has 0 saturated heterocycles. The van der Waals surface area contributed by atoms with Crippen LogP contribution in [0.15, 0.2) is 33.9 Å². The van der Waals surface area contributed by atoms with Crippen molar-refractivity contribution in [1.82, 2.24) is 9.88 Å². The maximum absolute atomic E-state index is 4.70. The molecular weight excluding hydrogens is 238 g/mol. The molecule has 3 aliphatic heterocycles. The molecule has 0 fully saturated rings. The third-order valence-corrected chi connectivity index (χ3v) is 3.70. The van der Waals surface area contributed by atoms with E-state index in [1.807, 2.05) is 18.6 Å². The molecular formula is C14H15N5. The van der Waals surface area contributed by atoms with E-state index >= 15 is 0 Å². The second-order valence-electron chi connectivity index (χ2n) is 4.90. The van der Waals surface area contributed by atoms with Gasteiger partial charge in [0.2, 0.25) is 0 Å². The molecule has 0 saturated carbocycles. The van der Waals surface area contributed by atoms with Crippen LogP contribution in [0.25, 0.3) is 5.70 Å². The Kier molecular flexibility index (Phi) is 2.36. The van der Waals surface area contributed by atoms with Crippen molar-refractivity contribution in [2.75, 3.05) is 25.0 Å². The standard InChI is InChI=1S/C14H15N5/c1-3-10-12-11(4-7-16-13(10)15-5-1)14-17-6-2-8-19(14)9-18-12/h1,3,5,9H,2,4,6-8H2,(H,15,16). The number of anilines is 1. The van der Waals surface area contributed by atoms with E-state index in [0.29, 0.717) is 0 Å². The summed E-state index contributed by atoms with van der Waals surface area (Å²) in [6.45, 7) is 2.82. The molecule has 1 N–H and O–H groups in total. The predicted molar refractivity (Wildman–Crippen MR) is 76.4 cm³/mol. The molecule has 0 bridgehead atoms. The van der Waals surface area contributed by atoms with Crippen molar-refractivity contribution in [2.45, 2.75) is 12.8 Å². The lowest BCUT2D eigenvalue weighted by molar-refractivity contribution is 0.555. The zero-order valence-corrected chi connectivity index (χ0v) is 10.6.